The average molecular weight is 295 g/mol. The Morgan fingerprint density at radius 3 is 2.65 bits per heavy atom. The SMILES string of the molecule is Cc1ccc(OCc2c(F)cccc2Cl)c(B(O)O)c1. The van der Waals surface area contributed by atoms with Crippen molar-refractivity contribution in [3.63, 3.8) is 0 Å². The molecule has 0 aliphatic heterocycles. The molecule has 6 heteroatoms. The normalized spacial score (nSPS) is 10.4. The fourth-order valence-electron chi connectivity index (χ4n) is 1.82. The highest BCUT2D eigenvalue weighted by Gasteiger charge is 2.18. The maximum absolute atomic E-state index is 13.6. The zero-order chi connectivity index (χ0) is 14.7. The predicted molar refractivity (Wildman–Crippen MR) is 76.7 cm³/mol. The van der Waals surface area contributed by atoms with Crippen LogP contribution in [0.2, 0.25) is 5.02 Å². The second-order valence-electron chi connectivity index (χ2n) is 4.40. The van der Waals surface area contributed by atoms with Gasteiger partial charge in [-0.2, -0.15) is 0 Å². The smallest absolute Gasteiger partial charge is 0.489 e. The van der Waals surface area contributed by atoms with E-state index in [9.17, 15) is 14.4 Å². The molecule has 0 aliphatic rings. The largest absolute Gasteiger partial charge is 0.492 e. The summed E-state index contributed by atoms with van der Waals surface area (Å²) in [5.41, 5.74) is 1.33. The first-order chi connectivity index (χ1) is 9.49. The standard InChI is InChI=1S/C14H13BClFO3/c1-9-5-6-14(11(7-9)15(18)19)20-8-10-12(16)3-2-4-13(10)17/h2-7,18-19H,8H2,1H3. The molecule has 3 nitrogen and oxygen atoms in total. The summed E-state index contributed by atoms with van der Waals surface area (Å²) in [6.07, 6.45) is 0. The maximum atomic E-state index is 13.6. The van der Waals surface area contributed by atoms with Gasteiger partial charge < -0.3 is 14.8 Å². The first-order valence-corrected chi connectivity index (χ1v) is 6.39. The molecule has 2 aromatic carbocycles. The molecule has 104 valence electrons. The first kappa shape index (κ1) is 14.8. The third-order valence-electron chi connectivity index (χ3n) is 2.88. The Balaban J connectivity index is 2.23. The summed E-state index contributed by atoms with van der Waals surface area (Å²) in [4.78, 5) is 0. The molecule has 0 spiro atoms. The van der Waals surface area contributed by atoms with Crippen molar-refractivity contribution < 1.29 is 19.2 Å². The lowest BCUT2D eigenvalue weighted by atomic mass is 9.79. The summed E-state index contributed by atoms with van der Waals surface area (Å²) in [6.45, 7) is 1.73. The van der Waals surface area contributed by atoms with Gasteiger partial charge in [0, 0.05) is 11.0 Å². The molecule has 0 aromatic heterocycles. The van der Waals surface area contributed by atoms with Crippen LogP contribution in [0.5, 0.6) is 5.75 Å². The van der Waals surface area contributed by atoms with E-state index in [-0.39, 0.29) is 28.4 Å². The highest BCUT2D eigenvalue weighted by atomic mass is 35.5. The Kier molecular flexibility index (Phi) is 4.65. The van der Waals surface area contributed by atoms with Gasteiger partial charge in [0.15, 0.2) is 0 Å². The van der Waals surface area contributed by atoms with Crippen molar-refractivity contribution in [2.45, 2.75) is 13.5 Å². The van der Waals surface area contributed by atoms with Crippen LogP contribution in [0.4, 0.5) is 4.39 Å². The van der Waals surface area contributed by atoms with Gasteiger partial charge in [-0.3, -0.25) is 0 Å². The quantitative estimate of drug-likeness (QED) is 0.849. The molecule has 0 atom stereocenters. The highest BCUT2D eigenvalue weighted by Crippen LogP contribution is 2.21. The minimum absolute atomic E-state index is 0.0890. The summed E-state index contributed by atoms with van der Waals surface area (Å²) in [7, 11) is -1.65. The van der Waals surface area contributed by atoms with Crippen LogP contribution >= 0.6 is 11.6 Å². The van der Waals surface area contributed by atoms with E-state index in [1.807, 2.05) is 6.92 Å². The van der Waals surface area contributed by atoms with Gasteiger partial charge in [0.25, 0.3) is 0 Å². The van der Waals surface area contributed by atoms with E-state index in [2.05, 4.69) is 0 Å². The molecule has 20 heavy (non-hydrogen) atoms. The average Bonchev–Trinajstić information content (AvgIpc) is 2.39. The number of rotatable bonds is 4. The third-order valence-corrected chi connectivity index (χ3v) is 3.23. The summed E-state index contributed by atoms with van der Waals surface area (Å²) < 4.78 is 19.1. The Labute approximate surface area is 121 Å². The number of halogens is 2. The second kappa shape index (κ2) is 6.26. The van der Waals surface area contributed by atoms with E-state index in [1.54, 1.807) is 24.3 Å². The second-order valence-corrected chi connectivity index (χ2v) is 4.81. The number of hydrogen-bond donors (Lipinski definition) is 2. The van der Waals surface area contributed by atoms with E-state index in [0.29, 0.717) is 0 Å². The summed E-state index contributed by atoms with van der Waals surface area (Å²) in [5.74, 6) is -0.180. The Morgan fingerprint density at radius 1 is 1.25 bits per heavy atom. The fourth-order valence-corrected chi connectivity index (χ4v) is 2.04. The summed E-state index contributed by atoms with van der Waals surface area (Å²) in [6, 6.07) is 9.35. The lowest BCUT2D eigenvalue weighted by Gasteiger charge is -2.13. The molecule has 0 amide bonds. The van der Waals surface area contributed by atoms with Crippen LogP contribution in [-0.4, -0.2) is 17.2 Å². The van der Waals surface area contributed by atoms with Gasteiger partial charge in [0.2, 0.25) is 0 Å². The molecule has 0 bridgehead atoms. The van der Waals surface area contributed by atoms with Crippen LogP contribution in [0.3, 0.4) is 0 Å². The van der Waals surface area contributed by atoms with Crippen molar-refractivity contribution in [2.24, 2.45) is 0 Å². The Morgan fingerprint density at radius 2 is 2.00 bits per heavy atom. The topological polar surface area (TPSA) is 49.7 Å². The molecule has 0 fully saturated rings. The van der Waals surface area contributed by atoms with Crippen molar-refractivity contribution in [3.8, 4) is 5.75 Å². The number of hydrogen-bond acceptors (Lipinski definition) is 3. The van der Waals surface area contributed by atoms with Gasteiger partial charge in [0.05, 0.1) is 5.02 Å². The van der Waals surface area contributed by atoms with Gasteiger partial charge in [-0.15, -0.1) is 0 Å². The Hall–Kier alpha value is -1.56. The van der Waals surface area contributed by atoms with E-state index in [4.69, 9.17) is 16.3 Å². The molecule has 0 saturated carbocycles. The van der Waals surface area contributed by atoms with Crippen molar-refractivity contribution in [1.82, 2.24) is 0 Å². The Bertz CT molecular complexity index is 599. The summed E-state index contributed by atoms with van der Waals surface area (Å²) in [5, 5.41) is 18.9. The molecule has 2 aromatic rings. The van der Waals surface area contributed by atoms with E-state index in [0.717, 1.165) is 5.56 Å². The molecule has 0 aliphatic carbocycles. The minimum Gasteiger partial charge on any atom is -0.489 e. The molecule has 0 heterocycles. The van der Waals surface area contributed by atoms with E-state index >= 15 is 0 Å². The highest BCUT2D eigenvalue weighted by molar-refractivity contribution is 6.59. The van der Waals surface area contributed by atoms with Gasteiger partial charge in [-0.25, -0.2) is 4.39 Å². The van der Waals surface area contributed by atoms with Crippen LogP contribution in [-0.2, 0) is 6.61 Å². The zero-order valence-corrected chi connectivity index (χ0v) is 11.6. The molecule has 2 N–H and O–H groups in total. The van der Waals surface area contributed by atoms with Crippen LogP contribution in [0.25, 0.3) is 0 Å². The van der Waals surface area contributed by atoms with Crippen LogP contribution in [0.1, 0.15) is 11.1 Å². The van der Waals surface area contributed by atoms with Crippen LogP contribution < -0.4 is 10.2 Å². The number of aryl methyl sites for hydroxylation is 1. The van der Waals surface area contributed by atoms with Gasteiger partial charge >= 0.3 is 7.12 Å². The van der Waals surface area contributed by atoms with Gasteiger partial charge in [0.1, 0.15) is 18.2 Å². The summed E-state index contributed by atoms with van der Waals surface area (Å²) >= 11 is 5.90. The lowest BCUT2D eigenvalue weighted by molar-refractivity contribution is 0.300. The van der Waals surface area contributed by atoms with Crippen molar-refractivity contribution in [2.75, 3.05) is 0 Å². The maximum Gasteiger partial charge on any atom is 0.492 e. The predicted octanol–water partition coefficient (Wildman–Crippen LogP) is 2.05. The molecule has 0 radical (unpaired) electrons. The molecular weight excluding hydrogens is 281 g/mol. The van der Waals surface area contributed by atoms with E-state index < -0.39 is 12.9 Å². The first-order valence-electron chi connectivity index (χ1n) is 6.01. The monoisotopic (exact) mass is 294 g/mol. The zero-order valence-electron chi connectivity index (χ0n) is 10.8. The van der Waals surface area contributed by atoms with Gasteiger partial charge in [-0.1, -0.05) is 35.4 Å². The number of ether oxygens (including phenoxy) is 1. The molecule has 2 rings (SSSR count). The van der Waals surface area contributed by atoms with Crippen LogP contribution in [0, 0.1) is 12.7 Å². The third kappa shape index (κ3) is 3.31. The van der Waals surface area contributed by atoms with Crippen molar-refractivity contribution in [3.05, 3.63) is 58.4 Å². The van der Waals surface area contributed by atoms with Gasteiger partial charge in [-0.05, 0) is 25.1 Å². The van der Waals surface area contributed by atoms with Crippen LogP contribution in [0.15, 0.2) is 36.4 Å². The molecule has 0 unspecified atom stereocenters. The minimum atomic E-state index is -1.65. The molecular formula is C14H13BClFO3. The number of benzene rings is 2. The van der Waals surface area contributed by atoms with Crippen molar-refractivity contribution >= 4 is 24.2 Å². The molecule has 0 saturated heterocycles. The lowest BCUT2D eigenvalue weighted by Crippen LogP contribution is -2.31. The van der Waals surface area contributed by atoms with Crippen molar-refractivity contribution in [1.29, 1.82) is 0 Å². The fraction of sp³-hybridized carbons (Fsp3) is 0.143. The van der Waals surface area contributed by atoms with E-state index in [1.165, 1.54) is 12.1 Å².